The number of fused-ring (bicyclic) bond motifs is 12. The summed E-state index contributed by atoms with van der Waals surface area (Å²) in [5.41, 5.74) is 1.25. The van der Waals surface area contributed by atoms with Gasteiger partial charge in [-0.2, -0.15) is 0 Å². The molecule has 0 heterocycles. The lowest BCUT2D eigenvalue weighted by Gasteiger charge is -2.73. The molecule has 0 N–H and O–H groups in total. The predicted molar refractivity (Wildman–Crippen MR) is 236 cm³/mol. The van der Waals surface area contributed by atoms with E-state index < -0.39 is 0 Å². The second-order valence-corrected chi connectivity index (χ2v) is 26.3. The van der Waals surface area contributed by atoms with E-state index in [2.05, 4.69) is 34.6 Å². The minimum atomic E-state index is 0.500. The maximum atomic E-state index is 2.70. The van der Waals surface area contributed by atoms with E-state index in [1.807, 2.05) is 0 Å². The Labute approximate surface area is 348 Å². The third kappa shape index (κ3) is 5.93. The SMILES string of the molecule is CC(C)C1C2CCCCC2CC2C3CCC4C(C3CC21)C1C2CCC(C(C)(C)C)CC2CCC1C41C(C2CCCCC2)C(C2CCCCC2)C1C1CCCCC1. The van der Waals surface area contributed by atoms with Crippen LogP contribution in [0.4, 0.5) is 0 Å². The molecule has 0 aromatic carbocycles. The number of rotatable bonds is 4. The molecule has 0 aliphatic heterocycles. The van der Waals surface area contributed by atoms with Crippen LogP contribution in [-0.4, -0.2) is 0 Å². The summed E-state index contributed by atoms with van der Waals surface area (Å²) in [6, 6.07) is 0. The van der Waals surface area contributed by atoms with Gasteiger partial charge in [0.25, 0.3) is 0 Å². The zero-order chi connectivity index (χ0) is 37.9. The van der Waals surface area contributed by atoms with Crippen molar-refractivity contribution in [3.63, 3.8) is 0 Å². The van der Waals surface area contributed by atoms with Crippen molar-refractivity contribution < 1.29 is 0 Å². The molecule has 11 aliphatic rings. The van der Waals surface area contributed by atoms with Crippen LogP contribution in [0.1, 0.15) is 214 Å². The second-order valence-electron chi connectivity index (χ2n) is 26.3. The van der Waals surface area contributed by atoms with Gasteiger partial charge in [0.15, 0.2) is 0 Å². The van der Waals surface area contributed by atoms with Crippen molar-refractivity contribution >= 4 is 0 Å². The highest BCUT2D eigenvalue weighted by atomic mass is 14.8. The molecule has 16 atom stereocenters. The van der Waals surface area contributed by atoms with Gasteiger partial charge in [0.05, 0.1) is 0 Å². The van der Waals surface area contributed by atoms with Gasteiger partial charge in [-0.15, -0.1) is 0 Å². The van der Waals surface area contributed by atoms with Crippen molar-refractivity contribution in [2.45, 2.75) is 214 Å². The van der Waals surface area contributed by atoms with Gasteiger partial charge in [-0.05, 0) is 199 Å². The van der Waals surface area contributed by atoms with E-state index >= 15 is 0 Å². The van der Waals surface area contributed by atoms with E-state index in [9.17, 15) is 0 Å². The average Bonchev–Trinajstić information content (AvgIpc) is 3.74. The molecule has 316 valence electrons. The first-order chi connectivity index (χ1) is 27.3. The number of hydrogen-bond acceptors (Lipinski definition) is 0. The molecule has 56 heavy (non-hydrogen) atoms. The molecule has 0 bridgehead atoms. The Bertz CT molecular complexity index is 1320. The number of hydrogen-bond donors (Lipinski definition) is 0. The van der Waals surface area contributed by atoms with Crippen molar-refractivity contribution in [1.82, 2.24) is 0 Å². The first-order valence-corrected chi connectivity index (χ1v) is 27.3. The highest BCUT2D eigenvalue weighted by Crippen LogP contribution is 2.84. The fraction of sp³-hybridized carbons (Fsp3) is 1.00. The van der Waals surface area contributed by atoms with Crippen molar-refractivity contribution in [1.29, 1.82) is 0 Å². The Balaban J connectivity index is 1.04. The molecule has 11 fully saturated rings. The lowest BCUT2D eigenvalue weighted by atomic mass is 9.31. The van der Waals surface area contributed by atoms with E-state index in [0.29, 0.717) is 5.41 Å². The molecular formula is C56H92. The van der Waals surface area contributed by atoms with Crippen LogP contribution in [0.25, 0.3) is 0 Å². The van der Waals surface area contributed by atoms with Crippen LogP contribution in [0.15, 0.2) is 0 Å². The van der Waals surface area contributed by atoms with Crippen molar-refractivity contribution in [2.75, 3.05) is 0 Å². The van der Waals surface area contributed by atoms with Gasteiger partial charge >= 0.3 is 0 Å². The van der Waals surface area contributed by atoms with Gasteiger partial charge < -0.3 is 0 Å². The second kappa shape index (κ2) is 15.1. The first kappa shape index (κ1) is 38.9. The largest absolute Gasteiger partial charge is 0.0625 e. The highest BCUT2D eigenvalue weighted by molar-refractivity contribution is 5.26. The zero-order valence-corrected chi connectivity index (χ0v) is 37.9. The van der Waals surface area contributed by atoms with Crippen LogP contribution < -0.4 is 0 Å². The topological polar surface area (TPSA) is 0 Å². The molecule has 11 saturated carbocycles. The Morgan fingerprint density at radius 2 is 0.893 bits per heavy atom. The van der Waals surface area contributed by atoms with Crippen molar-refractivity contribution in [3.8, 4) is 0 Å². The average molecular weight is 765 g/mol. The molecule has 1 spiro atoms. The summed E-state index contributed by atoms with van der Waals surface area (Å²) in [6.45, 7) is 13.2. The van der Waals surface area contributed by atoms with E-state index in [1.54, 1.807) is 180 Å². The third-order valence-corrected chi connectivity index (χ3v) is 23.6. The third-order valence-electron chi connectivity index (χ3n) is 23.6. The quantitative estimate of drug-likeness (QED) is 0.267. The summed E-state index contributed by atoms with van der Waals surface area (Å²) in [6.07, 6.45) is 45.1. The molecule has 16 unspecified atom stereocenters. The maximum absolute atomic E-state index is 2.70. The van der Waals surface area contributed by atoms with Crippen LogP contribution in [-0.2, 0) is 0 Å². The first-order valence-electron chi connectivity index (χ1n) is 27.3. The molecule has 0 aromatic rings. The van der Waals surface area contributed by atoms with Gasteiger partial charge in [-0.25, -0.2) is 0 Å². The fourth-order valence-electron chi connectivity index (χ4n) is 22.4. The Morgan fingerprint density at radius 1 is 0.375 bits per heavy atom. The smallest absolute Gasteiger partial charge is 0.0168 e. The van der Waals surface area contributed by atoms with Crippen LogP contribution in [0.2, 0.25) is 0 Å². The summed E-state index contributed by atoms with van der Waals surface area (Å²) in [4.78, 5) is 0. The minimum absolute atomic E-state index is 0.500. The Hall–Kier alpha value is 0. The van der Waals surface area contributed by atoms with Crippen LogP contribution >= 0.6 is 0 Å². The Kier molecular flexibility index (Phi) is 10.5. The fourth-order valence-corrected chi connectivity index (χ4v) is 22.4. The van der Waals surface area contributed by atoms with Crippen molar-refractivity contribution in [2.24, 2.45) is 135 Å². The molecule has 11 aliphatic carbocycles. The van der Waals surface area contributed by atoms with E-state index in [-0.39, 0.29) is 0 Å². The minimum Gasteiger partial charge on any atom is -0.0625 e. The van der Waals surface area contributed by atoms with E-state index in [1.165, 1.54) is 0 Å². The molecule has 0 aromatic heterocycles. The van der Waals surface area contributed by atoms with E-state index in [0.717, 1.165) is 130 Å². The lowest BCUT2D eigenvalue weighted by Crippen LogP contribution is -2.69. The van der Waals surface area contributed by atoms with E-state index in [4.69, 9.17) is 0 Å². The normalized spacial score (nSPS) is 52.7. The van der Waals surface area contributed by atoms with Gasteiger partial charge in [-0.1, -0.05) is 150 Å². The molecule has 0 nitrogen and oxygen atoms in total. The highest BCUT2D eigenvalue weighted by Gasteiger charge is 2.79. The van der Waals surface area contributed by atoms with Gasteiger partial charge in [0, 0.05) is 0 Å². The predicted octanol–water partition coefficient (Wildman–Crippen LogP) is 16.1. The summed E-state index contributed by atoms with van der Waals surface area (Å²) < 4.78 is 0. The summed E-state index contributed by atoms with van der Waals surface area (Å²) in [5.74, 6) is 22.9. The van der Waals surface area contributed by atoms with Gasteiger partial charge in [0.2, 0.25) is 0 Å². The maximum Gasteiger partial charge on any atom is -0.0168 e. The van der Waals surface area contributed by atoms with Gasteiger partial charge in [0.1, 0.15) is 0 Å². The molecule has 0 radical (unpaired) electrons. The van der Waals surface area contributed by atoms with Crippen LogP contribution in [0, 0.1) is 135 Å². The summed E-state index contributed by atoms with van der Waals surface area (Å²) in [7, 11) is 0. The van der Waals surface area contributed by atoms with Crippen LogP contribution in [0.5, 0.6) is 0 Å². The molecule has 11 rings (SSSR count). The Morgan fingerprint density at radius 3 is 1.52 bits per heavy atom. The standard InChI is InChI=1S/C56H92/c1-34(2)49-41-24-16-15-23-38(41)32-44-43-28-30-48-52(45(43)33-46(44)49)51-42-27-26-40(55(3,4)5)31-39(42)25-29-47(51)56(48)53(36-19-11-7-12-20-36)50(35-17-9-6-10-18-35)54(56)37-21-13-8-14-22-37/h34-54H,6-33H2,1-5H3. The van der Waals surface area contributed by atoms with Gasteiger partial charge in [-0.3, -0.25) is 0 Å². The lowest BCUT2D eigenvalue weighted by molar-refractivity contribution is -0.261. The molecular weight excluding hydrogens is 673 g/mol. The monoisotopic (exact) mass is 765 g/mol. The molecule has 0 saturated heterocycles. The summed E-state index contributed by atoms with van der Waals surface area (Å²) in [5, 5.41) is 0. The summed E-state index contributed by atoms with van der Waals surface area (Å²) >= 11 is 0. The zero-order valence-electron chi connectivity index (χ0n) is 37.9. The molecule has 0 heteroatoms. The van der Waals surface area contributed by atoms with Crippen LogP contribution in [0.3, 0.4) is 0 Å². The molecule has 0 amide bonds. The van der Waals surface area contributed by atoms with Crippen molar-refractivity contribution in [3.05, 3.63) is 0 Å².